The summed E-state index contributed by atoms with van der Waals surface area (Å²) >= 11 is 0. The van der Waals surface area contributed by atoms with E-state index in [-0.39, 0.29) is 6.54 Å². The molecule has 1 rings (SSSR count). The maximum atomic E-state index is 11.6. The molecule has 1 aromatic carbocycles. The van der Waals surface area contributed by atoms with Crippen molar-refractivity contribution in [3.05, 3.63) is 35.4 Å². The van der Waals surface area contributed by atoms with Gasteiger partial charge >= 0.3 is 16.3 Å². The minimum atomic E-state index is -3.94. The second-order valence-electron chi connectivity index (χ2n) is 4.40. The van der Waals surface area contributed by atoms with E-state index in [1.165, 1.54) is 0 Å². The normalized spacial score (nSPS) is 11.4. The number of rotatable bonds is 6. The monoisotopic (exact) mass is 301 g/mol. The minimum absolute atomic E-state index is 0.0646. The number of hydrogen-bond donors (Lipinski definition) is 3. The Morgan fingerprint density at radius 1 is 1.25 bits per heavy atom. The van der Waals surface area contributed by atoms with E-state index in [4.69, 9.17) is 5.73 Å². The van der Waals surface area contributed by atoms with E-state index < -0.39 is 22.4 Å². The van der Waals surface area contributed by atoms with Crippen molar-refractivity contribution in [1.82, 2.24) is 9.44 Å². The average Bonchev–Trinajstić information content (AvgIpc) is 2.35. The summed E-state index contributed by atoms with van der Waals surface area (Å²) in [6, 6.07) is 7.14. The van der Waals surface area contributed by atoms with Gasteiger partial charge in [-0.05, 0) is 25.0 Å². The van der Waals surface area contributed by atoms with E-state index in [0.717, 1.165) is 11.1 Å². The lowest BCUT2D eigenvalue weighted by Crippen LogP contribution is -2.40. The van der Waals surface area contributed by atoms with Gasteiger partial charge in [-0.1, -0.05) is 24.3 Å². The molecule has 0 radical (unpaired) electrons. The van der Waals surface area contributed by atoms with Crippen molar-refractivity contribution in [3.8, 4) is 0 Å². The van der Waals surface area contributed by atoms with Crippen molar-refractivity contribution in [3.63, 3.8) is 0 Å². The zero-order valence-corrected chi connectivity index (χ0v) is 12.2. The van der Waals surface area contributed by atoms with E-state index in [2.05, 4.69) is 9.46 Å². The Balaban J connectivity index is 2.52. The summed E-state index contributed by atoms with van der Waals surface area (Å²) in [5.41, 5.74) is 7.17. The molecule has 0 saturated heterocycles. The average molecular weight is 301 g/mol. The molecule has 112 valence electrons. The highest BCUT2D eigenvalue weighted by Crippen LogP contribution is 2.03. The molecule has 0 fully saturated rings. The van der Waals surface area contributed by atoms with Crippen molar-refractivity contribution in [2.75, 3.05) is 0 Å². The molecule has 0 saturated carbocycles. The highest BCUT2D eigenvalue weighted by atomic mass is 32.2. The lowest BCUT2D eigenvalue weighted by molar-refractivity contribution is 0.121. The Labute approximate surface area is 118 Å². The number of amides is 1. The van der Waals surface area contributed by atoms with Crippen LogP contribution in [0.15, 0.2) is 24.3 Å². The molecular formula is C12H19N3O4S. The Kier molecular flexibility index (Phi) is 5.93. The van der Waals surface area contributed by atoms with E-state index in [1.54, 1.807) is 30.7 Å². The van der Waals surface area contributed by atoms with Crippen LogP contribution in [0.4, 0.5) is 4.79 Å². The van der Waals surface area contributed by atoms with Gasteiger partial charge in [-0.3, -0.25) is 0 Å². The summed E-state index contributed by atoms with van der Waals surface area (Å²) in [6.07, 6.45) is -1.40. The van der Waals surface area contributed by atoms with Crippen LogP contribution in [0.25, 0.3) is 0 Å². The van der Waals surface area contributed by atoms with Gasteiger partial charge in [-0.15, -0.1) is 0 Å². The van der Waals surface area contributed by atoms with Gasteiger partial charge in [-0.2, -0.15) is 13.1 Å². The lowest BCUT2D eigenvalue weighted by Gasteiger charge is -2.11. The predicted octanol–water partition coefficient (Wildman–Crippen LogP) is 0.614. The highest BCUT2D eigenvalue weighted by molar-refractivity contribution is 7.88. The van der Waals surface area contributed by atoms with Gasteiger partial charge in [0.2, 0.25) is 0 Å². The molecule has 4 N–H and O–H groups in total. The molecule has 0 aliphatic heterocycles. The van der Waals surface area contributed by atoms with Gasteiger partial charge in [0.15, 0.2) is 0 Å². The number of nitrogens with two attached hydrogens (primary N) is 1. The number of carbonyl (C=O) groups excluding carboxylic acids is 1. The van der Waals surface area contributed by atoms with Gasteiger partial charge < -0.3 is 10.5 Å². The first-order chi connectivity index (χ1) is 9.32. The molecule has 0 atom stereocenters. The van der Waals surface area contributed by atoms with Crippen LogP contribution in [0.1, 0.15) is 25.0 Å². The van der Waals surface area contributed by atoms with Crippen molar-refractivity contribution >= 4 is 16.3 Å². The molecule has 20 heavy (non-hydrogen) atoms. The first kappa shape index (κ1) is 16.4. The molecule has 0 aromatic heterocycles. The van der Waals surface area contributed by atoms with Gasteiger partial charge in [0, 0.05) is 13.1 Å². The van der Waals surface area contributed by atoms with Gasteiger partial charge in [-0.25, -0.2) is 9.52 Å². The largest absolute Gasteiger partial charge is 0.446 e. The second kappa shape index (κ2) is 7.22. The summed E-state index contributed by atoms with van der Waals surface area (Å²) in [5.74, 6) is 0. The Morgan fingerprint density at radius 2 is 1.80 bits per heavy atom. The Bertz CT molecular complexity index is 540. The maximum Gasteiger partial charge on any atom is 0.422 e. The van der Waals surface area contributed by atoms with Crippen LogP contribution < -0.4 is 15.2 Å². The molecule has 1 amide bonds. The fourth-order valence-electron chi connectivity index (χ4n) is 1.36. The Hall–Kier alpha value is -1.64. The SMILES string of the molecule is CC(C)OC(=O)NS(=O)(=O)NCc1ccc(CN)cc1. The molecule has 0 bridgehead atoms. The molecule has 0 spiro atoms. The molecule has 7 nitrogen and oxygen atoms in total. The smallest absolute Gasteiger partial charge is 0.422 e. The predicted molar refractivity (Wildman–Crippen MR) is 74.8 cm³/mol. The Morgan fingerprint density at radius 3 is 2.30 bits per heavy atom. The third kappa shape index (κ3) is 6.00. The summed E-state index contributed by atoms with van der Waals surface area (Å²) in [4.78, 5) is 11.2. The topological polar surface area (TPSA) is 111 Å². The van der Waals surface area contributed by atoms with Crippen LogP contribution in [-0.2, 0) is 28.0 Å². The van der Waals surface area contributed by atoms with Crippen LogP contribution in [0.3, 0.4) is 0 Å². The van der Waals surface area contributed by atoms with Crippen LogP contribution in [0.2, 0.25) is 0 Å². The van der Waals surface area contributed by atoms with Crippen molar-refractivity contribution in [2.24, 2.45) is 5.73 Å². The molecule has 8 heteroatoms. The van der Waals surface area contributed by atoms with Crippen molar-refractivity contribution in [1.29, 1.82) is 0 Å². The summed E-state index contributed by atoms with van der Waals surface area (Å²) in [7, 11) is -3.94. The molecule has 0 aliphatic rings. The molecular weight excluding hydrogens is 282 g/mol. The summed E-state index contributed by atoms with van der Waals surface area (Å²) in [6.45, 7) is 3.74. The number of benzene rings is 1. The number of hydrogen-bond acceptors (Lipinski definition) is 5. The third-order valence-electron chi connectivity index (χ3n) is 2.29. The quantitative estimate of drug-likeness (QED) is 0.713. The van der Waals surface area contributed by atoms with E-state index >= 15 is 0 Å². The van der Waals surface area contributed by atoms with E-state index in [9.17, 15) is 13.2 Å². The molecule has 0 heterocycles. The van der Waals surface area contributed by atoms with Gasteiger partial charge in [0.1, 0.15) is 0 Å². The van der Waals surface area contributed by atoms with Crippen molar-refractivity contribution in [2.45, 2.75) is 33.0 Å². The second-order valence-corrected chi connectivity index (χ2v) is 5.90. The summed E-state index contributed by atoms with van der Waals surface area (Å²) < 4.78 is 31.8. The standard InChI is InChI=1S/C12H19N3O4S/c1-9(2)19-12(16)15-20(17,18)14-8-11-5-3-10(7-13)4-6-11/h3-6,9,14H,7-8,13H2,1-2H3,(H,15,16). The maximum absolute atomic E-state index is 11.6. The van der Waals surface area contributed by atoms with E-state index in [0.29, 0.717) is 6.54 Å². The van der Waals surface area contributed by atoms with Gasteiger partial charge in [0.05, 0.1) is 6.10 Å². The van der Waals surface area contributed by atoms with Crippen LogP contribution in [0.5, 0.6) is 0 Å². The highest BCUT2D eigenvalue weighted by Gasteiger charge is 2.15. The fourth-order valence-corrected chi connectivity index (χ4v) is 2.05. The molecule has 0 unspecified atom stereocenters. The van der Waals surface area contributed by atoms with Crippen LogP contribution >= 0.6 is 0 Å². The zero-order chi connectivity index (χ0) is 15.2. The molecule has 0 aliphatic carbocycles. The van der Waals surface area contributed by atoms with Crippen LogP contribution in [-0.4, -0.2) is 20.6 Å². The number of ether oxygens (including phenoxy) is 1. The summed E-state index contributed by atoms with van der Waals surface area (Å²) in [5, 5.41) is 0. The van der Waals surface area contributed by atoms with Crippen LogP contribution in [0, 0.1) is 0 Å². The third-order valence-corrected chi connectivity index (χ3v) is 3.25. The van der Waals surface area contributed by atoms with Crippen molar-refractivity contribution < 1.29 is 17.9 Å². The lowest BCUT2D eigenvalue weighted by atomic mass is 10.1. The van der Waals surface area contributed by atoms with Gasteiger partial charge in [0.25, 0.3) is 0 Å². The number of nitrogens with one attached hydrogen (secondary N) is 2. The molecule has 1 aromatic rings. The number of carbonyl (C=O) groups is 1. The first-order valence-corrected chi connectivity index (χ1v) is 7.56. The fraction of sp³-hybridized carbons (Fsp3) is 0.417. The minimum Gasteiger partial charge on any atom is -0.446 e. The zero-order valence-electron chi connectivity index (χ0n) is 11.4. The first-order valence-electron chi connectivity index (χ1n) is 6.08. The van der Waals surface area contributed by atoms with E-state index in [1.807, 2.05) is 12.1 Å².